The molecule has 0 aromatic heterocycles. The number of hydrogen-bond acceptors (Lipinski definition) is 7. The standard InChI is InChI=1S/C34H54N4O6/c1-20(2)6-5-7-21-9-11-25-24-10-8-22-16-23(12-14-34(22,4)26(24)13-15-33(21,25)3)43-32(42)37-30-35-19-38(31(41)36-30)29-17-27(40)28(18-39)44-29/h8,20-21,23-29,39-40H,5-7,9-19H2,1-4H3,(H2,35,36,37,41,42)/t21?,23-,24-,25-,26-,27?,28?,29?,33+,34-/m0/s1. The van der Waals surface area contributed by atoms with E-state index in [2.05, 4.69) is 49.4 Å². The van der Waals surface area contributed by atoms with Gasteiger partial charge in [-0.3, -0.25) is 15.5 Å². The van der Waals surface area contributed by atoms with Gasteiger partial charge in [-0.05, 0) is 91.8 Å². The van der Waals surface area contributed by atoms with Crippen LogP contribution in [-0.2, 0) is 9.47 Å². The Labute approximate surface area is 262 Å². The van der Waals surface area contributed by atoms with E-state index in [0.29, 0.717) is 5.41 Å². The number of nitrogens with zero attached hydrogens (tertiary/aromatic N) is 2. The Balaban J connectivity index is 1.02. The number of aliphatic hydroxyl groups excluding tert-OH is 2. The van der Waals surface area contributed by atoms with Crippen LogP contribution in [-0.4, -0.2) is 71.0 Å². The van der Waals surface area contributed by atoms with E-state index in [4.69, 9.17) is 9.47 Å². The maximum atomic E-state index is 12.8. The van der Waals surface area contributed by atoms with Crippen LogP contribution in [0.1, 0.15) is 105 Å². The Morgan fingerprint density at radius 2 is 2.05 bits per heavy atom. The predicted molar refractivity (Wildman–Crippen MR) is 166 cm³/mol. The number of urea groups is 1. The van der Waals surface area contributed by atoms with Crippen LogP contribution in [0.5, 0.6) is 0 Å². The van der Waals surface area contributed by atoms with Gasteiger partial charge in [-0.1, -0.05) is 52.2 Å². The maximum absolute atomic E-state index is 12.8. The summed E-state index contributed by atoms with van der Waals surface area (Å²) in [5, 5.41) is 24.5. The minimum absolute atomic E-state index is 0.0348. The molecule has 0 bridgehead atoms. The molecule has 4 aliphatic carbocycles. The Morgan fingerprint density at radius 3 is 2.77 bits per heavy atom. The lowest BCUT2D eigenvalue weighted by atomic mass is 9.47. The zero-order valence-electron chi connectivity index (χ0n) is 27.1. The van der Waals surface area contributed by atoms with Crippen LogP contribution in [0.15, 0.2) is 16.6 Å². The highest BCUT2D eigenvalue weighted by Gasteiger charge is 2.58. The molecule has 0 aromatic carbocycles. The van der Waals surface area contributed by atoms with Gasteiger partial charge >= 0.3 is 12.1 Å². The number of aliphatic hydroxyl groups is 2. The molecule has 2 heterocycles. The summed E-state index contributed by atoms with van der Waals surface area (Å²) < 4.78 is 11.4. The van der Waals surface area contributed by atoms with Gasteiger partial charge in [-0.25, -0.2) is 14.6 Å². The van der Waals surface area contributed by atoms with Gasteiger partial charge in [0.05, 0.1) is 12.7 Å². The molecule has 0 spiro atoms. The van der Waals surface area contributed by atoms with Crippen LogP contribution in [0.2, 0.25) is 0 Å². The third-order valence-corrected chi connectivity index (χ3v) is 12.7. The van der Waals surface area contributed by atoms with Gasteiger partial charge in [0, 0.05) is 12.8 Å². The summed E-state index contributed by atoms with van der Waals surface area (Å²) in [5.74, 6) is 4.06. The molecule has 0 radical (unpaired) electrons. The number of hydrogen-bond donors (Lipinski definition) is 4. The Kier molecular flexibility index (Phi) is 9.07. The average molecular weight is 615 g/mol. The molecule has 4 unspecified atom stereocenters. The molecule has 10 atom stereocenters. The Morgan fingerprint density at radius 1 is 1.23 bits per heavy atom. The number of allylic oxidation sites excluding steroid dienone is 1. The SMILES string of the molecule is CC(C)CCCC1CC[C@H]2[C@@H]3CC=C4C[C@@H](OC(=O)NC5=NCN(C6CC(O)C(CO)O6)C(=O)N5)CC[C@]4(C)[C@H]3CC[C@]12C. The molecule has 3 amide bonds. The number of aliphatic imine (C=N–C) groups is 1. The second-order valence-corrected chi connectivity index (χ2v) is 15.5. The number of fused-ring (bicyclic) bond motifs is 5. The number of rotatable bonds is 7. The highest BCUT2D eigenvalue weighted by atomic mass is 16.6. The van der Waals surface area contributed by atoms with Crippen molar-refractivity contribution in [3.8, 4) is 0 Å². The van der Waals surface area contributed by atoms with E-state index in [1.165, 1.54) is 55.4 Å². The van der Waals surface area contributed by atoms with E-state index in [0.717, 1.165) is 55.3 Å². The van der Waals surface area contributed by atoms with Gasteiger partial charge in [0.25, 0.3) is 0 Å². The second kappa shape index (κ2) is 12.6. The van der Waals surface area contributed by atoms with Crippen LogP contribution in [0.3, 0.4) is 0 Å². The van der Waals surface area contributed by atoms with Crippen molar-refractivity contribution in [2.75, 3.05) is 13.3 Å². The minimum Gasteiger partial charge on any atom is -0.446 e. The molecule has 4 fully saturated rings. The Bertz CT molecular complexity index is 1160. The highest BCUT2D eigenvalue weighted by Crippen LogP contribution is 2.66. The number of carbonyl (C=O) groups excluding carboxylic acids is 2. The fourth-order valence-corrected chi connectivity index (χ4v) is 10.1. The first-order valence-corrected chi connectivity index (χ1v) is 17.3. The van der Waals surface area contributed by atoms with Crippen LogP contribution in [0.4, 0.5) is 9.59 Å². The van der Waals surface area contributed by atoms with Gasteiger partial charge < -0.3 is 19.7 Å². The number of alkyl carbamates (subject to hydrolysis) is 1. The summed E-state index contributed by atoms with van der Waals surface area (Å²) >= 11 is 0. The van der Waals surface area contributed by atoms with Crippen molar-refractivity contribution in [2.45, 2.75) is 129 Å². The largest absolute Gasteiger partial charge is 0.446 e. The number of carbonyl (C=O) groups is 2. The third-order valence-electron chi connectivity index (χ3n) is 12.7. The summed E-state index contributed by atoms with van der Waals surface area (Å²) in [6.07, 6.45) is 13.0. The zero-order chi connectivity index (χ0) is 31.2. The van der Waals surface area contributed by atoms with E-state index in [1.54, 1.807) is 0 Å². The molecule has 10 heteroatoms. The van der Waals surface area contributed by atoms with E-state index in [-0.39, 0.29) is 37.2 Å². The molecule has 1 saturated heterocycles. The third kappa shape index (κ3) is 5.91. The molecule has 10 nitrogen and oxygen atoms in total. The fourth-order valence-electron chi connectivity index (χ4n) is 10.1. The lowest BCUT2D eigenvalue weighted by Crippen LogP contribution is -2.56. The topological polar surface area (TPSA) is 133 Å². The number of guanidine groups is 1. The van der Waals surface area contributed by atoms with Gasteiger partial charge in [0.1, 0.15) is 25.1 Å². The summed E-state index contributed by atoms with van der Waals surface area (Å²) in [7, 11) is 0. The first-order chi connectivity index (χ1) is 21.0. The number of ether oxygens (including phenoxy) is 2. The van der Waals surface area contributed by atoms with Crippen molar-refractivity contribution < 1.29 is 29.3 Å². The van der Waals surface area contributed by atoms with Crippen LogP contribution in [0, 0.1) is 40.4 Å². The van der Waals surface area contributed by atoms with Crippen molar-refractivity contribution in [3.63, 3.8) is 0 Å². The molecule has 6 rings (SSSR count). The van der Waals surface area contributed by atoms with E-state index >= 15 is 0 Å². The summed E-state index contributed by atoms with van der Waals surface area (Å²) in [5.41, 5.74) is 2.16. The maximum Gasteiger partial charge on any atom is 0.414 e. The molecule has 4 N–H and O–H groups in total. The van der Waals surface area contributed by atoms with E-state index in [9.17, 15) is 19.8 Å². The van der Waals surface area contributed by atoms with Crippen molar-refractivity contribution in [1.82, 2.24) is 15.5 Å². The molecule has 246 valence electrons. The van der Waals surface area contributed by atoms with Crippen molar-refractivity contribution in [2.24, 2.45) is 45.4 Å². The summed E-state index contributed by atoms with van der Waals surface area (Å²) in [6, 6.07) is -0.492. The lowest BCUT2D eigenvalue weighted by molar-refractivity contribution is -0.0638. The van der Waals surface area contributed by atoms with E-state index in [1.807, 2.05) is 0 Å². The van der Waals surface area contributed by atoms with Gasteiger partial charge in [-0.2, -0.15) is 0 Å². The molecule has 2 aliphatic heterocycles. The van der Waals surface area contributed by atoms with Gasteiger partial charge in [0.2, 0.25) is 5.96 Å². The van der Waals surface area contributed by atoms with Gasteiger partial charge in [-0.15, -0.1) is 0 Å². The van der Waals surface area contributed by atoms with Gasteiger partial charge in [0.15, 0.2) is 0 Å². The summed E-state index contributed by atoms with van der Waals surface area (Å²) in [4.78, 5) is 31.1. The monoisotopic (exact) mass is 614 g/mol. The fraction of sp³-hybridized carbons (Fsp3) is 0.853. The minimum atomic E-state index is -0.850. The summed E-state index contributed by atoms with van der Waals surface area (Å²) in [6.45, 7) is 9.44. The molecule has 6 aliphatic rings. The number of nitrogens with one attached hydrogen (secondary N) is 2. The van der Waals surface area contributed by atoms with Crippen LogP contribution in [0.25, 0.3) is 0 Å². The average Bonchev–Trinajstić information content (AvgIpc) is 3.52. The predicted octanol–water partition coefficient (Wildman–Crippen LogP) is 5.29. The van der Waals surface area contributed by atoms with Crippen molar-refractivity contribution in [1.29, 1.82) is 0 Å². The molecular formula is C34H54N4O6. The zero-order valence-corrected chi connectivity index (χ0v) is 27.1. The van der Waals surface area contributed by atoms with Crippen molar-refractivity contribution >= 4 is 18.1 Å². The molecule has 0 aromatic rings. The lowest BCUT2D eigenvalue weighted by Gasteiger charge is -2.58. The smallest absolute Gasteiger partial charge is 0.414 e. The number of amides is 3. The molecule has 44 heavy (non-hydrogen) atoms. The molecular weight excluding hydrogens is 560 g/mol. The van der Waals surface area contributed by atoms with Crippen LogP contribution >= 0.6 is 0 Å². The Hall–Kier alpha value is -2.17. The quantitative estimate of drug-likeness (QED) is 0.288. The first-order valence-electron chi connectivity index (χ1n) is 17.3. The highest BCUT2D eigenvalue weighted by molar-refractivity contribution is 6.03. The second-order valence-electron chi connectivity index (χ2n) is 15.5. The van der Waals surface area contributed by atoms with Crippen LogP contribution < -0.4 is 10.6 Å². The van der Waals surface area contributed by atoms with E-state index < -0.39 is 30.6 Å². The first kappa shape index (κ1) is 31.8. The molecule has 3 saturated carbocycles. The normalized spacial score (nSPS) is 41.7. The van der Waals surface area contributed by atoms with Crippen molar-refractivity contribution in [3.05, 3.63) is 11.6 Å².